The van der Waals surface area contributed by atoms with Gasteiger partial charge in [-0.15, -0.1) is 0 Å². The number of aromatic amines is 1. The molecule has 0 aromatic carbocycles. The van der Waals surface area contributed by atoms with Crippen LogP contribution in [0.25, 0.3) is 11.2 Å². The number of fused-ring (bicyclic) bond motifs is 1. The minimum Gasteiger partial charge on any atom is -0.479 e. The Bertz CT molecular complexity index is 630. The monoisotopic (exact) mass is 296 g/mol. The van der Waals surface area contributed by atoms with Crippen LogP contribution in [0.15, 0.2) is 6.33 Å². The van der Waals surface area contributed by atoms with Gasteiger partial charge in [0, 0.05) is 11.8 Å². The van der Waals surface area contributed by atoms with Gasteiger partial charge in [0.1, 0.15) is 11.8 Å². The first kappa shape index (κ1) is 12.9. The fourth-order valence-corrected chi connectivity index (χ4v) is 3.98. The van der Waals surface area contributed by atoms with E-state index in [2.05, 4.69) is 19.5 Å². The van der Waals surface area contributed by atoms with E-state index in [1.54, 1.807) is 7.11 Å². The number of aromatic nitrogens is 4. The first-order valence-electron chi connectivity index (χ1n) is 6.38. The van der Waals surface area contributed by atoms with Crippen LogP contribution in [0.1, 0.15) is 19.3 Å². The predicted molar refractivity (Wildman–Crippen MR) is 79.4 cm³/mol. The molecule has 19 heavy (non-hydrogen) atoms. The average Bonchev–Trinajstić information content (AvgIpc) is 2.76. The van der Waals surface area contributed by atoms with Crippen LogP contribution in [0, 0.1) is 4.77 Å². The molecule has 1 aliphatic rings. The summed E-state index contributed by atoms with van der Waals surface area (Å²) in [5.41, 5.74) is 1.62. The molecule has 1 fully saturated rings. The Morgan fingerprint density at radius 1 is 1.53 bits per heavy atom. The molecule has 1 atom stereocenters. The van der Waals surface area contributed by atoms with Gasteiger partial charge in [-0.3, -0.25) is 0 Å². The van der Waals surface area contributed by atoms with E-state index in [4.69, 9.17) is 17.0 Å². The van der Waals surface area contributed by atoms with Crippen molar-refractivity contribution in [1.29, 1.82) is 0 Å². The van der Waals surface area contributed by atoms with Crippen molar-refractivity contribution in [2.24, 2.45) is 0 Å². The second-order valence-corrected chi connectivity index (χ2v) is 6.41. The summed E-state index contributed by atoms with van der Waals surface area (Å²) in [6.45, 7) is 0.906. The molecule has 0 bridgehead atoms. The van der Waals surface area contributed by atoms with Gasteiger partial charge in [0.05, 0.1) is 7.11 Å². The zero-order valence-corrected chi connectivity index (χ0v) is 12.4. The SMILES string of the molecule is COc1ncnc2c1[nH]c(=S)n2CC1CCCCS1. The molecule has 3 rings (SSSR count). The third-order valence-corrected chi connectivity index (χ3v) is 5.08. The summed E-state index contributed by atoms with van der Waals surface area (Å²) in [6, 6.07) is 0. The third-order valence-electron chi connectivity index (χ3n) is 3.38. The highest BCUT2D eigenvalue weighted by molar-refractivity contribution is 7.99. The van der Waals surface area contributed by atoms with E-state index in [0.717, 1.165) is 17.7 Å². The molecular weight excluding hydrogens is 280 g/mol. The summed E-state index contributed by atoms with van der Waals surface area (Å²) >= 11 is 7.44. The molecule has 0 radical (unpaired) electrons. The van der Waals surface area contributed by atoms with E-state index in [0.29, 0.717) is 15.9 Å². The van der Waals surface area contributed by atoms with E-state index in [-0.39, 0.29) is 0 Å². The number of thioether (sulfide) groups is 1. The highest BCUT2D eigenvalue weighted by Gasteiger charge is 2.18. The van der Waals surface area contributed by atoms with Crippen molar-refractivity contribution < 1.29 is 4.74 Å². The Hall–Kier alpha value is -1.08. The van der Waals surface area contributed by atoms with Crippen LogP contribution < -0.4 is 4.74 Å². The van der Waals surface area contributed by atoms with Gasteiger partial charge in [0.25, 0.3) is 0 Å². The van der Waals surface area contributed by atoms with Gasteiger partial charge in [0.15, 0.2) is 10.4 Å². The summed E-state index contributed by atoms with van der Waals surface area (Å²) in [5, 5.41) is 0.625. The molecular formula is C12H16N4OS2. The maximum Gasteiger partial charge on any atom is 0.242 e. The number of ether oxygens (including phenoxy) is 1. The van der Waals surface area contributed by atoms with Crippen LogP contribution in [0.5, 0.6) is 5.88 Å². The summed E-state index contributed by atoms with van der Waals surface area (Å²) < 4.78 is 8.00. The van der Waals surface area contributed by atoms with Crippen molar-refractivity contribution in [3.63, 3.8) is 0 Å². The first-order chi connectivity index (χ1) is 9.29. The Labute approximate surface area is 120 Å². The molecule has 2 aromatic rings. The number of H-pyrrole nitrogens is 1. The number of nitrogens with one attached hydrogen (secondary N) is 1. The number of rotatable bonds is 3. The quantitative estimate of drug-likeness (QED) is 0.883. The lowest BCUT2D eigenvalue weighted by Gasteiger charge is -2.21. The van der Waals surface area contributed by atoms with Gasteiger partial charge in [-0.2, -0.15) is 16.7 Å². The van der Waals surface area contributed by atoms with Crippen LogP contribution in [-0.4, -0.2) is 37.6 Å². The van der Waals surface area contributed by atoms with Crippen molar-refractivity contribution in [3.05, 3.63) is 11.1 Å². The fourth-order valence-electron chi connectivity index (χ4n) is 2.42. The Morgan fingerprint density at radius 3 is 3.16 bits per heavy atom. The lowest BCUT2D eigenvalue weighted by atomic mass is 10.2. The van der Waals surface area contributed by atoms with Crippen LogP contribution >= 0.6 is 24.0 Å². The van der Waals surface area contributed by atoms with Crippen molar-refractivity contribution in [3.8, 4) is 5.88 Å². The van der Waals surface area contributed by atoms with Gasteiger partial charge in [-0.1, -0.05) is 6.42 Å². The molecule has 0 aliphatic carbocycles. The van der Waals surface area contributed by atoms with Gasteiger partial charge >= 0.3 is 0 Å². The van der Waals surface area contributed by atoms with Crippen LogP contribution in [0.4, 0.5) is 0 Å². The maximum absolute atomic E-state index is 5.40. The third kappa shape index (κ3) is 2.49. The van der Waals surface area contributed by atoms with E-state index >= 15 is 0 Å². The fraction of sp³-hybridized carbons (Fsp3) is 0.583. The molecule has 3 heterocycles. The van der Waals surface area contributed by atoms with E-state index in [1.165, 1.54) is 31.3 Å². The molecule has 1 N–H and O–H groups in total. The maximum atomic E-state index is 5.40. The highest BCUT2D eigenvalue weighted by atomic mass is 32.2. The van der Waals surface area contributed by atoms with Crippen molar-refractivity contribution >= 4 is 35.1 Å². The van der Waals surface area contributed by atoms with Crippen LogP contribution in [0.2, 0.25) is 0 Å². The molecule has 5 nitrogen and oxygen atoms in total. The normalized spacial score (nSPS) is 19.7. The topological polar surface area (TPSA) is 55.7 Å². The van der Waals surface area contributed by atoms with Gasteiger partial charge in [-0.25, -0.2) is 4.98 Å². The van der Waals surface area contributed by atoms with E-state index in [9.17, 15) is 0 Å². The molecule has 2 aromatic heterocycles. The number of hydrogen-bond acceptors (Lipinski definition) is 5. The van der Waals surface area contributed by atoms with E-state index in [1.807, 2.05) is 11.8 Å². The first-order valence-corrected chi connectivity index (χ1v) is 7.84. The minimum absolute atomic E-state index is 0.547. The van der Waals surface area contributed by atoms with Crippen LogP contribution in [-0.2, 0) is 6.54 Å². The average molecular weight is 296 g/mol. The number of nitrogens with zero attached hydrogens (tertiary/aromatic N) is 3. The lowest BCUT2D eigenvalue weighted by Crippen LogP contribution is -2.17. The Balaban J connectivity index is 1.98. The summed E-state index contributed by atoms with van der Waals surface area (Å²) in [5.74, 6) is 1.80. The molecule has 0 amide bonds. The summed E-state index contributed by atoms with van der Waals surface area (Å²) in [7, 11) is 1.60. The number of imidazole rings is 1. The summed E-state index contributed by atoms with van der Waals surface area (Å²) in [4.78, 5) is 11.6. The standard InChI is InChI=1S/C12H16N4OS2/c1-17-11-9-10(13-7-14-11)16(12(18)15-9)6-8-4-2-3-5-19-8/h7-8H,2-6H2,1H3,(H,15,18). The molecule has 1 unspecified atom stereocenters. The van der Waals surface area contributed by atoms with Crippen molar-refractivity contribution in [2.45, 2.75) is 31.1 Å². The van der Waals surface area contributed by atoms with Crippen molar-refractivity contribution in [1.82, 2.24) is 19.5 Å². The van der Waals surface area contributed by atoms with Crippen LogP contribution in [0.3, 0.4) is 0 Å². The molecule has 7 heteroatoms. The minimum atomic E-state index is 0.547. The Kier molecular flexibility index (Phi) is 3.74. The lowest BCUT2D eigenvalue weighted by molar-refractivity contribution is 0.401. The largest absolute Gasteiger partial charge is 0.479 e. The number of methoxy groups -OCH3 is 1. The van der Waals surface area contributed by atoms with Gasteiger partial charge in [-0.05, 0) is 30.8 Å². The van der Waals surface area contributed by atoms with Gasteiger partial charge in [0.2, 0.25) is 5.88 Å². The van der Waals surface area contributed by atoms with Gasteiger partial charge < -0.3 is 14.3 Å². The second-order valence-electron chi connectivity index (χ2n) is 4.61. The molecule has 1 saturated heterocycles. The zero-order chi connectivity index (χ0) is 13.2. The Morgan fingerprint density at radius 2 is 2.42 bits per heavy atom. The summed E-state index contributed by atoms with van der Waals surface area (Å²) in [6.07, 6.45) is 5.41. The highest BCUT2D eigenvalue weighted by Crippen LogP contribution is 2.28. The van der Waals surface area contributed by atoms with Crippen molar-refractivity contribution in [2.75, 3.05) is 12.9 Å². The predicted octanol–water partition coefficient (Wildman–Crippen LogP) is 2.78. The number of hydrogen-bond donors (Lipinski definition) is 1. The molecule has 0 saturated carbocycles. The zero-order valence-electron chi connectivity index (χ0n) is 10.8. The molecule has 102 valence electrons. The second kappa shape index (κ2) is 5.50. The molecule has 0 spiro atoms. The molecule has 1 aliphatic heterocycles. The smallest absolute Gasteiger partial charge is 0.242 e. The van der Waals surface area contributed by atoms with E-state index < -0.39 is 0 Å².